The molecule has 1 aliphatic carbocycles. The molecule has 1 aliphatic heterocycles. The van der Waals surface area contributed by atoms with Gasteiger partial charge in [-0.05, 0) is 18.9 Å². The first-order valence-electron chi connectivity index (χ1n) is 9.78. The van der Waals surface area contributed by atoms with Gasteiger partial charge in [-0.2, -0.15) is 0 Å². The van der Waals surface area contributed by atoms with Crippen LogP contribution in [0.5, 0.6) is 0 Å². The Morgan fingerprint density at radius 1 is 1.20 bits per heavy atom. The molecule has 1 atom stereocenters. The summed E-state index contributed by atoms with van der Waals surface area (Å²) in [5.74, 6) is -1.16. The molecule has 30 heavy (non-hydrogen) atoms. The first kappa shape index (κ1) is 24.5. The number of amidine groups is 1. The van der Waals surface area contributed by atoms with E-state index in [4.69, 9.17) is 11.6 Å². The fraction of sp³-hybridized carbons (Fsp3) is 0.500. The van der Waals surface area contributed by atoms with E-state index in [0.717, 1.165) is 44.4 Å². The van der Waals surface area contributed by atoms with Crippen LogP contribution in [-0.2, 0) is 14.4 Å². The highest BCUT2D eigenvalue weighted by atomic mass is 35.5. The monoisotopic (exact) mass is 472 g/mol. The summed E-state index contributed by atoms with van der Waals surface area (Å²) >= 11 is 7.76. The third kappa shape index (κ3) is 6.12. The molecule has 0 radical (unpaired) electrons. The van der Waals surface area contributed by atoms with Crippen LogP contribution in [0.4, 0.5) is 0 Å². The first-order chi connectivity index (χ1) is 14.0. The number of amides is 2. The number of benzene rings is 1. The zero-order chi connectivity index (χ0) is 20.8. The van der Waals surface area contributed by atoms with Crippen LogP contribution in [0.15, 0.2) is 29.4 Å². The van der Waals surface area contributed by atoms with Crippen molar-refractivity contribution in [2.45, 2.75) is 38.1 Å². The Bertz CT molecular complexity index is 815. The number of halogens is 2. The number of carbonyl (C=O) groups excluding carboxylic acids is 3. The predicted octanol–water partition coefficient (Wildman–Crippen LogP) is 3.13. The second-order valence-electron chi connectivity index (χ2n) is 7.27. The Morgan fingerprint density at radius 3 is 2.53 bits per heavy atom. The standard InChI is InChI=1S/C20H25ClN4O3S.ClH/c1-25-11-12-29-20(25)24-23-19(28)17(26)16(14-9-5-6-10-15(14)21)22-18(27)13-7-3-2-4-8-13;/h5-6,9-10,13,16H,2-4,7-8,11-12H2,1H3,(H,22,27)(H,23,28);1H/b24-20-;. The van der Waals surface area contributed by atoms with Gasteiger partial charge in [0.25, 0.3) is 0 Å². The molecule has 1 saturated heterocycles. The van der Waals surface area contributed by atoms with Gasteiger partial charge in [-0.15, -0.1) is 17.5 Å². The van der Waals surface area contributed by atoms with Crippen LogP contribution in [-0.4, -0.2) is 47.0 Å². The summed E-state index contributed by atoms with van der Waals surface area (Å²) in [6.07, 6.45) is 4.68. The van der Waals surface area contributed by atoms with Crippen molar-refractivity contribution in [1.29, 1.82) is 0 Å². The molecular formula is C20H26Cl2N4O3S. The maximum absolute atomic E-state index is 12.9. The molecule has 2 aliphatic rings. The Hall–Kier alpha value is -1.77. The van der Waals surface area contributed by atoms with Gasteiger partial charge in [0, 0.05) is 35.8 Å². The fourth-order valence-corrected chi connectivity index (χ4v) is 4.72. The highest BCUT2D eigenvalue weighted by Crippen LogP contribution is 2.27. The first-order valence-corrected chi connectivity index (χ1v) is 11.1. The lowest BCUT2D eigenvalue weighted by molar-refractivity contribution is -0.140. The maximum atomic E-state index is 12.9. The van der Waals surface area contributed by atoms with Gasteiger partial charge in [-0.25, -0.2) is 5.43 Å². The lowest BCUT2D eigenvalue weighted by Gasteiger charge is -2.24. The van der Waals surface area contributed by atoms with Crippen LogP contribution >= 0.6 is 35.8 Å². The second kappa shape index (κ2) is 11.6. The number of hydrogen-bond acceptors (Lipinski definition) is 5. The Morgan fingerprint density at radius 2 is 1.90 bits per heavy atom. The Kier molecular flexibility index (Phi) is 9.45. The zero-order valence-electron chi connectivity index (χ0n) is 16.7. The topological polar surface area (TPSA) is 90.9 Å². The molecule has 1 saturated carbocycles. The molecular weight excluding hydrogens is 447 g/mol. The summed E-state index contributed by atoms with van der Waals surface area (Å²) in [6.45, 7) is 0.826. The van der Waals surface area contributed by atoms with Crippen molar-refractivity contribution >= 4 is 58.5 Å². The second-order valence-corrected chi connectivity index (χ2v) is 8.74. The molecule has 1 unspecified atom stereocenters. The quantitative estimate of drug-likeness (QED) is 0.490. The molecule has 0 spiro atoms. The van der Waals surface area contributed by atoms with Gasteiger partial charge >= 0.3 is 5.91 Å². The number of Topliss-reactive ketones (excluding diaryl/α,β-unsaturated/α-hetero) is 1. The number of rotatable bonds is 6. The van der Waals surface area contributed by atoms with Crippen molar-refractivity contribution < 1.29 is 14.4 Å². The van der Waals surface area contributed by atoms with Crippen LogP contribution in [0.3, 0.4) is 0 Å². The molecule has 0 aromatic heterocycles. The van der Waals surface area contributed by atoms with E-state index in [-0.39, 0.29) is 24.2 Å². The van der Waals surface area contributed by atoms with E-state index < -0.39 is 17.7 Å². The minimum atomic E-state index is -1.15. The molecule has 164 valence electrons. The molecule has 1 heterocycles. The molecule has 1 aromatic rings. The normalized spacial score (nSPS) is 19.1. The average molecular weight is 473 g/mol. The van der Waals surface area contributed by atoms with E-state index in [2.05, 4.69) is 15.8 Å². The molecule has 2 N–H and O–H groups in total. The molecule has 1 aromatic carbocycles. The van der Waals surface area contributed by atoms with E-state index in [0.29, 0.717) is 15.8 Å². The molecule has 3 rings (SSSR count). The highest BCUT2D eigenvalue weighted by molar-refractivity contribution is 8.14. The third-order valence-electron chi connectivity index (χ3n) is 5.20. The fourth-order valence-electron chi connectivity index (χ4n) is 3.50. The largest absolute Gasteiger partial charge is 0.352 e. The minimum absolute atomic E-state index is 0. The summed E-state index contributed by atoms with van der Waals surface area (Å²) < 4.78 is 0. The van der Waals surface area contributed by atoms with E-state index in [1.54, 1.807) is 24.3 Å². The van der Waals surface area contributed by atoms with Gasteiger partial charge in [-0.3, -0.25) is 14.4 Å². The highest BCUT2D eigenvalue weighted by Gasteiger charge is 2.32. The summed E-state index contributed by atoms with van der Waals surface area (Å²) in [5, 5.41) is 7.76. The third-order valence-corrected chi connectivity index (χ3v) is 6.59. The SMILES string of the molecule is CN1CCS/C1=N\NC(=O)C(=O)C(NC(=O)C1CCCCC1)c1ccccc1Cl.Cl. The van der Waals surface area contributed by atoms with Crippen LogP contribution in [0.2, 0.25) is 5.02 Å². The Balaban J connectivity index is 0.00000320. The van der Waals surface area contributed by atoms with E-state index >= 15 is 0 Å². The van der Waals surface area contributed by atoms with Crippen LogP contribution in [0.1, 0.15) is 43.7 Å². The summed E-state index contributed by atoms with van der Waals surface area (Å²) in [4.78, 5) is 40.1. The summed E-state index contributed by atoms with van der Waals surface area (Å²) in [6, 6.07) is 5.58. The molecule has 7 nitrogen and oxygen atoms in total. The smallest absolute Gasteiger partial charge is 0.310 e. The number of hydrogen-bond donors (Lipinski definition) is 2. The average Bonchev–Trinajstić information content (AvgIpc) is 3.15. The van der Waals surface area contributed by atoms with Gasteiger partial charge in [0.05, 0.1) is 0 Å². The molecule has 0 bridgehead atoms. The van der Waals surface area contributed by atoms with Crippen molar-refractivity contribution in [3.63, 3.8) is 0 Å². The lowest BCUT2D eigenvalue weighted by atomic mass is 9.88. The van der Waals surface area contributed by atoms with Crippen molar-refractivity contribution in [2.24, 2.45) is 11.0 Å². The maximum Gasteiger partial charge on any atom is 0.310 e. The van der Waals surface area contributed by atoms with Crippen molar-refractivity contribution in [3.8, 4) is 0 Å². The zero-order valence-corrected chi connectivity index (χ0v) is 19.1. The van der Waals surface area contributed by atoms with Gasteiger partial charge in [-0.1, -0.05) is 60.8 Å². The van der Waals surface area contributed by atoms with Crippen molar-refractivity contribution in [2.75, 3.05) is 19.3 Å². The summed E-state index contributed by atoms with van der Waals surface area (Å²) in [5.41, 5.74) is 2.72. The van der Waals surface area contributed by atoms with Crippen LogP contribution < -0.4 is 10.7 Å². The van der Waals surface area contributed by atoms with Crippen LogP contribution in [0.25, 0.3) is 0 Å². The van der Waals surface area contributed by atoms with Gasteiger partial charge in [0.15, 0.2) is 5.17 Å². The van der Waals surface area contributed by atoms with E-state index in [1.165, 1.54) is 11.8 Å². The summed E-state index contributed by atoms with van der Waals surface area (Å²) in [7, 11) is 1.86. The number of hydrazone groups is 1. The van der Waals surface area contributed by atoms with Crippen molar-refractivity contribution in [3.05, 3.63) is 34.9 Å². The van der Waals surface area contributed by atoms with Crippen molar-refractivity contribution in [1.82, 2.24) is 15.6 Å². The molecule has 10 heteroatoms. The number of nitrogens with one attached hydrogen (secondary N) is 2. The minimum Gasteiger partial charge on any atom is -0.352 e. The van der Waals surface area contributed by atoms with Crippen LogP contribution in [0, 0.1) is 5.92 Å². The van der Waals surface area contributed by atoms with E-state index in [9.17, 15) is 14.4 Å². The molecule has 2 amide bonds. The number of thioether (sulfide) groups is 1. The number of carbonyl (C=O) groups is 3. The van der Waals surface area contributed by atoms with Gasteiger partial charge in [0.1, 0.15) is 6.04 Å². The number of nitrogens with zero attached hydrogens (tertiary/aromatic N) is 2. The Labute approximate surface area is 191 Å². The van der Waals surface area contributed by atoms with E-state index in [1.807, 2.05) is 11.9 Å². The van der Waals surface area contributed by atoms with Gasteiger partial charge in [0.2, 0.25) is 11.7 Å². The lowest BCUT2D eigenvalue weighted by Crippen LogP contribution is -2.43. The number of ketones is 1. The molecule has 2 fully saturated rings. The van der Waals surface area contributed by atoms with Gasteiger partial charge < -0.3 is 10.2 Å². The predicted molar refractivity (Wildman–Crippen MR) is 122 cm³/mol.